The van der Waals surface area contributed by atoms with E-state index in [0.717, 1.165) is 24.0 Å². The minimum Gasteiger partial charge on any atom is -0.481 e. The number of benzene rings is 1. The van der Waals surface area contributed by atoms with E-state index in [9.17, 15) is 9.90 Å². The highest BCUT2D eigenvalue weighted by molar-refractivity contribution is 5.80. The molecule has 0 saturated carbocycles. The zero-order valence-corrected chi connectivity index (χ0v) is 11.1. The molecular weight excluding hydrogens is 242 g/mol. The van der Waals surface area contributed by atoms with Gasteiger partial charge in [0.2, 0.25) is 0 Å². The number of hydrogen-bond acceptors (Lipinski definition) is 3. The first-order valence-electron chi connectivity index (χ1n) is 6.48. The molecule has 1 aliphatic rings. The van der Waals surface area contributed by atoms with E-state index in [-0.39, 0.29) is 12.0 Å². The van der Waals surface area contributed by atoms with Crippen LogP contribution in [0.1, 0.15) is 30.6 Å². The van der Waals surface area contributed by atoms with Crippen LogP contribution in [0.25, 0.3) is 0 Å². The molecule has 0 aliphatic heterocycles. The standard InChI is InChI=1S/C15H19NO3/c1-3-8-16-15(18)10(2)19-12-5-6-13-11(9-12)4-7-14(13)17/h3,5-6,9-10,14,17H,1,4,7-8H2,2H3,(H,16,18)/t10?,14-/m0/s1. The molecule has 0 aromatic heterocycles. The predicted octanol–water partition coefficient (Wildman–Crippen LogP) is 1.74. The van der Waals surface area contributed by atoms with Crippen LogP contribution in [0, 0.1) is 0 Å². The van der Waals surface area contributed by atoms with Crippen LogP contribution in [0.15, 0.2) is 30.9 Å². The molecule has 2 rings (SSSR count). The summed E-state index contributed by atoms with van der Waals surface area (Å²) in [5, 5.41) is 12.4. The maximum atomic E-state index is 11.7. The third kappa shape index (κ3) is 3.15. The third-order valence-corrected chi connectivity index (χ3v) is 3.26. The second-order valence-electron chi connectivity index (χ2n) is 4.71. The Kier molecular flexibility index (Phi) is 4.22. The lowest BCUT2D eigenvalue weighted by Crippen LogP contribution is -2.36. The van der Waals surface area contributed by atoms with Crippen molar-refractivity contribution in [2.75, 3.05) is 6.54 Å². The molecule has 0 radical (unpaired) electrons. The van der Waals surface area contributed by atoms with Crippen LogP contribution in [0.4, 0.5) is 0 Å². The molecule has 1 amide bonds. The molecule has 1 unspecified atom stereocenters. The molecule has 4 heteroatoms. The first kappa shape index (κ1) is 13.6. The van der Waals surface area contributed by atoms with Gasteiger partial charge in [-0.05, 0) is 43.0 Å². The minimum absolute atomic E-state index is 0.166. The van der Waals surface area contributed by atoms with Gasteiger partial charge < -0.3 is 15.2 Å². The number of aliphatic hydroxyl groups is 1. The van der Waals surface area contributed by atoms with Gasteiger partial charge in [-0.3, -0.25) is 4.79 Å². The van der Waals surface area contributed by atoms with Crippen molar-refractivity contribution >= 4 is 5.91 Å². The molecule has 0 fully saturated rings. The summed E-state index contributed by atoms with van der Waals surface area (Å²) in [5.74, 6) is 0.495. The highest BCUT2D eigenvalue weighted by Crippen LogP contribution is 2.33. The topological polar surface area (TPSA) is 58.6 Å². The predicted molar refractivity (Wildman–Crippen MR) is 73.0 cm³/mol. The number of rotatable bonds is 5. The number of carbonyl (C=O) groups is 1. The van der Waals surface area contributed by atoms with Gasteiger partial charge in [0.05, 0.1) is 6.10 Å². The van der Waals surface area contributed by atoms with Gasteiger partial charge in [0.25, 0.3) is 5.91 Å². The Morgan fingerprint density at radius 2 is 2.47 bits per heavy atom. The molecule has 102 valence electrons. The van der Waals surface area contributed by atoms with E-state index in [1.165, 1.54) is 0 Å². The molecule has 1 aromatic carbocycles. The van der Waals surface area contributed by atoms with Crippen molar-refractivity contribution < 1.29 is 14.6 Å². The fourth-order valence-corrected chi connectivity index (χ4v) is 2.22. The van der Waals surface area contributed by atoms with E-state index >= 15 is 0 Å². The van der Waals surface area contributed by atoms with E-state index in [4.69, 9.17) is 4.74 Å². The fraction of sp³-hybridized carbons (Fsp3) is 0.400. The van der Waals surface area contributed by atoms with Crippen molar-refractivity contribution in [2.45, 2.75) is 32.0 Å². The number of hydrogen-bond donors (Lipinski definition) is 2. The summed E-state index contributed by atoms with van der Waals surface area (Å²) in [6.45, 7) is 5.69. The molecule has 4 nitrogen and oxygen atoms in total. The third-order valence-electron chi connectivity index (χ3n) is 3.26. The fourth-order valence-electron chi connectivity index (χ4n) is 2.22. The molecule has 0 bridgehead atoms. The summed E-state index contributed by atoms with van der Waals surface area (Å²) in [5.41, 5.74) is 2.07. The summed E-state index contributed by atoms with van der Waals surface area (Å²) in [4.78, 5) is 11.7. The van der Waals surface area contributed by atoms with Gasteiger partial charge in [0.1, 0.15) is 5.75 Å². The number of fused-ring (bicyclic) bond motifs is 1. The average molecular weight is 261 g/mol. The van der Waals surface area contributed by atoms with Gasteiger partial charge in [-0.25, -0.2) is 0 Å². The van der Waals surface area contributed by atoms with Crippen LogP contribution < -0.4 is 10.1 Å². The number of carbonyl (C=O) groups excluding carboxylic acids is 1. The lowest BCUT2D eigenvalue weighted by atomic mass is 10.1. The van der Waals surface area contributed by atoms with Gasteiger partial charge >= 0.3 is 0 Å². The zero-order valence-electron chi connectivity index (χ0n) is 11.1. The Bertz CT molecular complexity index is 484. The molecule has 2 atom stereocenters. The number of nitrogens with one attached hydrogen (secondary N) is 1. The van der Waals surface area contributed by atoms with Crippen LogP contribution in [0.2, 0.25) is 0 Å². The molecule has 1 aromatic rings. The Morgan fingerprint density at radius 1 is 1.68 bits per heavy atom. The second-order valence-corrected chi connectivity index (χ2v) is 4.71. The number of ether oxygens (including phenoxy) is 1. The molecule has 0 spiro atoms. The Morgan fingerprint density at radius 3 is 3.21 bits per heavy atom. The van der Waals surface area contributed by atoms with E-state index in [2.05, 4.69) is 11.9 Å². The van der Waals surface area contributed by atoms with Gasteiger partial charge in [-0.1, -0.05) is 12.1 Å². The molecule has 1 aliphatic carbocycles. The van der Waals surface area contributed by atoms with Crippen LogP contribution in [-0.2, 0) is 11.2 Å². The van der Waals surface area contributed by atoms with E-state index in [1.807, 2.05) is 12.1 Å². The van der Waals surface area contributed by atoms with Gasteiger partial charge in [-0.2, -0.15) is 0 Å². The summed E-state index contributed by atoms with van der Waals surface area (Å²) in [6, 6.07) is 5.57. The summed E-state index contributed by atoms with van der Waals surface area (Å²) in [6.07, 6.45) is 2.32. The van der Waals surface area contributed by atoms with Gasteiger partial charge in [-0.15, -0.1) is 6.58 Å². The monoisotopic (exact) mass is 261 g/mol. The first-order chi connectivity index (χ1) is 9.11. The quantitative estimate of drug-likeness (QED) is 0.794. The van der Waals surface area contributed by atoms with Crippen molar-refractivity contribution in [3.8, 4) is 5.75 Å². The summed E-state index contributed by atoms with van der Waals surface area (Å²) >= 11 is 0. The van der Waals surface area contributed by atoms with Crippen LogP contribution in [0.5, 0.6) is 5.75 Å². The van der Waals surface area contributed by atoms with Crippen molar-refractivity contribution in [3.05, 3.63) is 42.0 Å². The lowest BCUT2D eigenvalue weighted by molar-refractivity contribution is -0.127. The SMILES string of the molecule is C=CCNC(=O)C(C)Oc1ccc2c(c1)CC[C@@H]2O. The number of aliphatic hydroxyl groups excluding tert-OH is 1. The minimum atomic E-state index is -0.552. The van der Waals surface area contributed by atoms with E-state index in [0.29, 0.717) is 12.3 Å². The Labute approximate surface area is 113 Å². The maximum Gasteiger partial charge on any atom is 0.261 e. The molecule has 0 saturated heterocycles. The molecule has 0 heterocycles. The molecular formula is C15H19NO3. The average Bonchev–Trinajstić information content (AvgIpc) is 2.77. The van der Waals surface area contributed by atoms with Crippen molar-refractivity contribution in [2.24, 2.45) is 0 Å². The van der Waals surface area contributed by atoms with E-state index in [1.54, 1.807) is 19.1 Å². The van der Waals surface area contributed by atoms with Crippen molar-refractivity contribution in [1.82, 2.24) is 5.32 Å². The first-order valence-corrected chi connectivity index (χ1v) is 6.48. The zero-order chi connectivity index (χ0) is 13.8. The Balaban J connectivity index is 2.00. The van der Waals surface area contributed by atoms with Crippen molar-refractivity contribution in [3.63, 3.8) is 0 Å². The van der Waals surface area contributed by atoms with E-state index < -0.39 is 6.10 Å². The largest absolute Gasteiger partial charge is 0.481 e. The van der Waals surface area contributed by atoms with Gasteiger partial charge in [0.15, 0.2) is 6.10 Å². The highest BCUT2D eigenvalue weighted by Gasteiger charge is 2.21. The normalized spacial score (nSPS) is 18.5. The summed E-state index contributed by atoms with van der Waals surface area (Å²) in [7, 11) is 0. The lowest BCUT2D eigenvalue weighted by Gasteiger charge is -2.15. The van der Waals surface area contributed by atoms with Crippen molar-refractivity contribution in [1.29, 1.82) is 0 Å². The highest BCUT2D eigenvalue weighted by atomic mass is 16.5. The number of amides is 1. The second kappa shape index (κ2) is 5.89. The smallest absolute Gasteiger partial charge is 0.261 e. The van der Waals surface area contributed by atoms with Crippen LogP contribution >= 0.6 is 0 Å². The van der Waals surface area contributed by atoms with Crippen LogP contribution in [-0.4, -0.2) is 23.7 Å². The van der Waals surface area contributed by atoms with Gasteiger partial charge in [0, 0.05) is 6.54 Å². The molecule has 19 heavy (non-hydrogen) atoms. The Hall–Kier alpha value is -1.81. The summed E-state index contributed by atoms with van der Waals surface area (Å²) < 4.78 is 5.61. The maximum absolute atomic E-state index is 11.7. The van der Waals surface area contributed by atoms with Crippen LogP contribution in [0.3, 0.4) is 0 Å². The molecule has 2 N–H and O–H groups in total. The number of aryl methyl sites for hydroxylation is 1.